The number of aryl methyl sites for hydroxylation is 1. The Kier molecular flexibility index (Phi) is 5.02. The molecule has 0 spiro atoms. The number of fused-ring (bicyclic) bond motifs is 1. The third-order valence-electron chi connectivity index (χ3n) is 5.52. The summed E-state index contributed by atoms with van der Waals surface area (Å²) in [6.45, 7) is 2.85. The number of morpholine rings is 1. The topological polar surface area (TPSA) is 119 Å². The summed E-state index contributed by atoms with van der Waals surface area (Å²) in [6.07, 6.45) is 5.68. The maximum absolute atomic E-state index is 13.0. The van der Waals surface area contributed by atoms with Gasteiger partial charge in [0, 0.05) is 44.6 Å². The first kappa shape index (κ1) is 19.5. The molecule has 11 heteroatoms. The maximum atomic E-state index is 13.0. The Morgan fingerprint density at radius 2 is 2.06 bits per heavy atom. The molecule has 2 aliphatic rings. The second-order valence-electron chi connectivity index (χ2n) is 7.87. The summed E-state index contributed by atoms with van der Waals surface area (Å²) in [5.41, 5.74) is 1.66. The van der Waals surface area contributed by atoms with Crippen molar-refractivity contribution in [3.63, 3.8) is 0 Å². The standard InChI is InChI=1S/C20H24N8O3/c1-26-17(15(12-22-26)19(30)27-6-8-31-9-7-27)18(29)23-14-4-5-28-16(10-14)24-20(25-28)21-11-13-2-3-13/h4-5,10,12-13H,2-3,6-9,11H2,1H3,(H,21,25)(H,23,29). The van der Waals surface area contributed by atoms with Gasteiger partial charge >= 0.3 is 0 Å². The van der Waals surface area contributed by atoms with Crippen molar-refractivity contribution in [3.05, 3.63) is 35.8 Å². The molecule has 162 valence electrons. The first-order valence-corrected chi connectivity index (χ1v) is 10.4. The lowest BCUT2D eigenvalue weighted by Gasteiger charge is -2.26. The van der Waals surface area contributed by atoms with Gasteiger partial charge in [0.15, 0.2) is 5.65 Å². The summed E-state index contributed by atoms with van der Waals surface area (Å²) >= 11 is 0. The molecule has 1 aliphatic heterocycles. The Balaban J connectivity index is 1.33. The van der Waals surface area contributed by atoms with Crippen LogP contribution in [0.1, 0.15) is 33.7 Å². The molecule has 11 nitrogen and oxygen atoms in total. The molecule has 0 bridgehead atoms. The fraction of sp³-hybridized carbons (Fsp3) is 0.450. The van der Waals surface area contributed by atoms with Crippen molar-refractivity contribution in [1.29, 1.82) is 0 Å². The summed E-state index contributed by atoms with van der Waals surface area (Å²) in [5, 5.41) is 14.6. The highest BCUT2D eigenvalue weighted by molar-refractivity contribution is 6.11. The molecule has 0 unspecified atom stereocenters. The molecular formula is C20H24N8O3. The SMILES string of the molecule is Cn1ncc(C(=O)N2CCOCC2)c1C(=O)Nc1ccn2nc(NCC3CC3)nc2c1. The second-order valence-corrected chi connectivity index (χ2v) is 7.87. The first-order valence-electron chi connectivity index (χ1n) is 10.4. The van der Waals surface area contributed by atoms with E-state index in [1.165, 1.54) is 23.7 Å². The van der Waals surface area contributed by atoms with Crippen LogP contribution in [0.2, 0.25) is 0 Å². The molecule has 1 saturated carbocycles. The lowest BCUT2D eigenvalue weighted by atomic mass is 10.2. The maximum Gasteiger partial charge on any atom is 0.274 e. The molecule has 3 aromatic rings. The van der Waals surface area contributed by atoms with Gasteiger partial charge in [0.1, 0.15) is 5.69 Å². The van der Waals surface area contributed by atoms with Gasteiger partial charge in [0.2, 0.25) is 5.95 Å². The number of pyridine rings is 1. The van der Waals surface area contributed by atoms with Crippen LogP contribution in [0.4, 0.5) is 11.6 Å². The fourth-order valence-corrected chi connectivity index (χ4v) is 3.58. The zero-order chi connectivity index (χ0) is 21.4. The van der Waals surface area contributed by atoms with Crippen LogP contribution in [0.3, 0.4) is 0 Å². The van der Waals surface area contributed by atoms with Crippen LogP contribution in [0.5, 0.6) is 0 Å². The van der Waals surface area contributed by atoms with Crippen LogP contribution in [0, 0.1) is 5.92 Å². The molecule has 1 aliphatic carbocycles. The van der Waals surface area contributed by atoms with Crippen molar-refractivity contribution in [2.45, 2.75) is 12.8 Å². The van der Waals surface area contributed by atoms with E-state index >= 15 is 0 Å². The quantitative estimate of drug-likeness (QED) is 0.606. The predicted molar refractivity (Wildman–Crippen MR) is 112 cm³/mol. The number of nitrogens with zero attached hydrogens (tertiary/aromatic N) is 6. The van der Waals surface area contributed by atoms with Crippen molar-refractivity contribution in [1.82, 2.24) is 29.3 Å². The molecule has 2 amide bonds. The Morgan fingerprint density at radius 3 is 2.84 bits per heavy atom. The highest BCUT2D eigenvalue weighted by atomic mass is 16.5. The first-order chi connectivity index (χ1) is 15.1. The number of hydrogen-bond donors (Lipinski definition) is 2. The molecular weight excluding hydrogens is 400 g/mol. The van der Waals surface area contributed by atoms with Crippen LogP contribution < -0.4 is 10.6 Å². The zero-order valence-electron chi connectivity index (χ0n) is 17.2. The molecule has 4 heterocycles. The molecule has 5 rings (SSSR count). The van der Waals surface area contributed by atoms with Gasteiger partial charge in [-0.2, -0.15) is 10.1 Å². The number of aromatic nitrogens is 5. The van der Waals surface area contributed by atoms with E-state index < -0.39 is 5.91 Å². The van der Waals surface area contributed by atoms with E-state index in [0.29, 0.717) is 43.6 Å². The molecule has 0 aromatic carbocycles. The number of ether oxygens (including phenoxy) is 1. The lowest BCUT2D eigenvalue weighted by Crippen LogP contribution is -2.41. The second kappa shape index (κ2) is 7.99. The molecule has 0 radical (unpaired) electrons. The van der Waals surface area contributed by atoms with Gasteiger partial charge in [-0.25, -0.2) is 4.52 Å². The largest absolute Gasteiger partial charge is 0.378 e. The van der Waals surface area contributed by atoms with Gasteiger partial charge < -0.3 is 20.3 Å². The Morgan fingerprint density at radius 1 is 1.26 bits per heavy atom. The molecule has 2 fully saturated rings. The fourth-order valence-electron chi connectivity index (χ4n) is 3.58. The third kappa shape index (κ3) is 4.08. The Bertz CT molecular complexity index is 1130. The average Bonchev–Trinajstić information content (AvgIpc) is 3.40. The molecule has 31 heavy (non-hydrogen) atoms. The van der Waals surface area contributed by atoms with Crippen molar-refractivity contribution in [2.75, 3.05) is 43.5 Å². The summed E-state index contributed by atoms with van der Waals surface area (Å²) in [4.78, 5) is 32.0. The van der Waals surface area contributed by atoms with E-state index in [-0.39, 0.29) is 17.2 Å². The molecule has 3 aromatic heterocycles. The van der Waals surface area contributed by atoms with Crippen LogP contribution in [-0.2, 0) is 11.8 Å². The van der Waals surface area contributed by atoms with E-state index in [9.17, 15) is 9.59 Å². The van der Waals surface area contributed by atoms with Gasteiger partial charge in [0.25, 0.3) is 11.8 Å². The summed E-state index contributed by atoms with van der Waals surface area (Å²) in [6, 6.07) is 3.48. The monoisotopic (exact) mass is 424 g/mol. The number of hydrogen-bond acceptors (Lipinski definition) is 7. The number of carbonyl (C=O) groups excluding carboxylic acids is 2. The van der Waals surface area contributed by atoms with Crippen molar-refractivity contribution < 1.29 is 14.3 Å². The van der Waals surface area contributed by atoms with Crippen LogP contribution in [0.25, 0.3) is 5.65 Å². The normalized spacial score (nSPS) is 16.5. The molecule has 0 atom stereocenters. The van der Waals surface area contributed by atoms with Gasteiger partial charge in [0.05, 0.1) is 25.0 Å². The minimum absolute atomic E-state index is 0.213. The average molecular weight is 424 g/mol. The van der Waals surface area contributed by atoms with E-state index in [4.69, 9.17) is 4.74 Å². The smallest absolute Gasteiger partial charge is 0.274 e. The Labute approximate surface area is 178 Å². The zero-order valence-corrected chi connectivity index (χ0v) is 17.2. The van der Waals surface area contributed by atoms with Gasteiger partial charge in [-0.1, -0.05) is 0 Å². The minimum atomic E-state index is -0.410. The summed E-state index contributed by atoms with van der Waals surface area (Å²) in [7, 11) is 1.64. The summed E-state index contributed by atoms with van der Waals surface area (Å²) in [5.74, 6) is 0.656. The number of amides is 2. The van der Waals surface area contributed by atoms with Crippen LogP contribution in [0.15, 0.2) is 24.5 Å². The van der Waals surface area contributed by atoms with E-state index in [1.54, 1.807) is 34.8 Å². The van der Waals surface area contributed by atoms with Crippen molar-refractivity contribution >= 4 is 29.1 Å². The summed E-state index contributed by atoms with van der Waals surface area (Å²) < 4.78 is 8.37. The van der Waals surface area contributed by atoms with Gasteiger partial charge in [-0.05, 0) is 24.8 Å². The van der Waals surface area contributed by atoms with Crippen LogP contribution in [-0.4, -0.2) is 73.9 Å². The third-order valence-corrected chi connectivity index (χ3v) is 5.52. The van der Waals surface area contributed by atoms with Gasteiger partial charge in [-0.3, -0.25) is 14.3 Å². The van der Waals surface area contributed by atoms with Gasteiger partial charge in [-0.15, -0.1) is 5.10 Å². The Hall–Kier alpha value is -3.47. The number of nitrogens with one attached hydrogen (secondary N) is 2. The van der Waals surface area contributed by atoms with E-state index in [2.05, 4.69) is 25.8 Å². The number of anilines is 2. The minimum Gasteiger partial charge on any atom is -0.378 e. The highest BCUT2D eigenvalue weighted by Crippen LogP contribution is 2.28. The molecule has 1 saturated heterocycles. The lowest BCUT2D eigenvalue weighted by molar-refractivity contribution is 0.0302. The van der Waals surface area contributed by atoms with E-state index in [0.717, 1.165) is 12.5 Å². The number of carbonyl (C=O) groups is 2. The predicted octanol–water partition coefficient (Wildman–Crippen LogP) is 1.01. The van der Waals surface area contributed by atoms with Crippen molar-refractivity contribution in [2.24, 2.45) is 13.0 Å². The van der Waals surface area contributed by atoms with E-state index in [1.807, 2.05) is 0 Å². The highest BCUT2D eigenvalue weighted by Gasteiger charge is 2.27. The molecule has 2 N–H and O–H groups in total. The van der Waals surface area contributed by atoms with Crippen molar-refractivity contribution in [3.8, 4) is 0 Å². The number of rotatable bonds is 6. The van der Waals surface area contributed by atoms with Crippen LogP contribution >= 0.6 is 0 Å².